The quantitative estimate of drug-likeness (QED) is 0.512. The van der Waals surface area contributed by atoms with Gasteiger partial charge in [-0.15, -0.1) is 10.2 Å². The second kappa shape index (κ2) is 9.91. The molecule has 4 rings (SSSR count). The zero-order chi connectivity index (χ0) is 22.5. The van der Waals surface area contributed by atoms with E-state index in [1.54, 1.807) is 0 Å². The molecular weight excluding hydrogens is 424 g/mol. The number of benzene rings is 2. The van der Waals surface area contributed by atoms with Gasteiger partial charge in [-0.25, -0.2) is 0 Å². The summed E-state index contributed by atoms with van der Waals surface area (Å²) in [6.45, 7) is 5.10. The maximum absolute atomic E-state index is 12.6. The van der Waals surface area contributed by atoms with E-state index in [2.05, 4.69) is 21.6 Å². The molecule has 166 valence electrons. The Morgan fingerprint density at radius 2 is 1.91 bits per heavy atom. The fourth-order valence-electron chi connectivity index (χ4n) is 3.80. The summed E-state index contributed by atoms with van der Waals surface area (Å²) in [6, 6.07) is 15.7. The van der Waals surface area contributed by atoms with Crippen LogP contribution in [-0.4, -0.2) is 35.2 Å². The normalized spacial score (nSPS) is 15.8. The van der Waals surface area contributed by atoms with E-state index in [9.17, 15) is 9.59 Å². The highest BCUT2D eigenvalue weighted by Crippen LogP contribution is 2.34. The number of carbonyl (C=O) groups is 2. The van der Waals surface area contributed by atoms with Gasteiger partial charge in [0.2, 0.25) is 16.9 Å². The minimum Gasteiger partial charge on any atom is -0.494 e. The molecule has 2 amide bonds. The summed E-state index contributed by atoms with van der Waals surface area (Å²) < 4.78 is 5.61. The molecule has 0 spiro atoms. The van der Waals surface area contributed by atoms with Crippen molar-refractivity contribution in [2.45, 2.75) is 39.0 Å². The molecule has 3 aromatic rings. The van der Waals surface area contributed by atoms with Crippen LogP contribution in [0.3, 0.4) is 0 Å². The number of rotatable bonds is 8. The molecule has 2 heterocycles. The molecule has 0 radical (unpaired) electrons. The Labute approximate surface area is 191 Å². The van der Waals surface area contributed by atoms with Gasteiger partial charge in [0.15, 0.2) is 0 Å². The van der Waals surface area contributed by atoms with E-state index in [4.69, 9.17) is 4.74 Å². The average Bonchev–Trinajstić information content (AvgIpc) is 3.38. The number of para-hydroxylation sites is 1. The van der Waals surface area contributed by atoms with Crippen LogP contribution in [0, 0.1) is 13.8 Å². The molecule has 1 aromatic heterocycles. The Morgan fingerprint density at radius 1 is 1.16 bits per heavy atom. The SMILES string of the molecule is Cc1cc(C)cc(N2C[C@H](c3nnc(NC(=O)CCCOc4ccccc4)s3)CC2=O)c1. The lowest BCUT2D eigenvalue weighted by Gasteiger charge is -2.17. The van der Waals surface area contributed by atoms with Crippen molar-refractivity contribution in [3.05, 3.63) is 64.7 Å². The van der Waals surface area contributed by atoms with Gasteiger partial charge in [0.05, 0.1) is 6.61 Å². The van der Waals surface area contributed by atoms with Crippen molar-refractivity contribution in [3.8, 4) is 5.75 Å². The van der Waals surface area contributed by atoms with Crippen molar-refractivity contribution < 1.29 is 14.3 Å². The van der Waals surface area contributed by atoms with Gasteiger partial charge in [0.1, 0.15) is 10.8 Å². The van der Waals surface area contributed by atoms with E-state index >= 15 is 0 Å². The number of ether oxygens (including phenoxy) is 1. The smallest absolute Gasteiger partial charge is 0.227 e. The number of carbonyl (C=O) groups excluding carboxylic acids is 2. The van der Waals surface area contributed by atoms with Gasteiger partial charge in [0, 0.05) is 31.0 Å². The van der Waals surface area contributed by atoms with E-state index in [1.165, 1.54) is 11.3 Å². The van der Waals surface area contributed by atoms with E-state index in [0.29, 0.717) is 37.5 Å². The Balaban J connectivity index is 1.28. The van der Waals surface area contributed by atoms with Crippen LogP contribution in [0.25, 0.3) is 0 Å². The molecule has 8 heteroatoms. The number of hydrogen-bond acceptors (Lipinski definition) is 6. The van der Waals surface area contributed by atoms with Crippen molar-refractivity contribution in [2.24, 2.45) is 0 Å². The minimum absolute atomic E-state index is 0.0225. The molecule has 1 atom stereocenters. The highest BCUT2D eigenvalue weighted by molar-refractivity contribution is 7.15. The van der Waals surface area contributed by atoms with Crippen LogP contribution in [0.4, 0.5) is 10.8 Å². The first kappa shape index (κ1) is 22.0. The van der Waals surface area contributed by atoms with Gasteiger partial charge in [0.25, 0.3) is 0 Å². The number of nitrogens with zero attached hydrogens (tertiary/aromatic N) is 3. The fraction of sp³-hybridized carbons (Fsp3) is 0.333. The van der Waals surface area contributed by atoms with Crippen LogP contribution in [0.2, 0.25) is 0 Å². The van der Waals surface area contributed by atoms with Crippen LogP contribution in [-0.2, 0) is 9.59 Å². The standard InChI is InChI=1S/C24H26N4O3S/c1-16-11-17(2)13-19(12-16)28-15-18(14-22(28)30)23-26-27-24(32-23)25-21(29)9-6-10-31-20-7-4-3-5-8-20/h3-5,7-8,11-13,18H,6,9-10,14-15H2,1-2H3,(H,25,27,29)/t18-/m1/s1. The van der Waals surface area contributed by atoms with Crippen molar-refractivity contribution in [1.29, 1.82) is 0 Å². The van der Waals surface area contributed by atoms with Crippen LogP contribution in [0.1, 0.15) is 41.3 Å². The topological polar surface area (TPSA) is 84.4 Å². The first-order valence-corrected chi connectivity index (χ1v) is 11.5. The van der Waals surface area contributed by atoms with Crippen molar-refractivity contribution in [3.63, 3.8) is 0 Å². The predicted molar refractivity (Wildman–Crippen MR) is 125 cm³/mol. The number of hydrogen-bond donors (Lipinski definition) is 1. The van der Waals surface area contributed by atoms with Crippen molar-refractivity contribution >= 4 is 34.0 Å². The Bertz CT molecular complexity index is 1080. The third-order valence-corrected chi connectivity index (χ3v) is 6.24. The fourth-order valence-corrected chi connectivity index (χ4v) is 4.65. The summed E-state index contributed by atoms with van der Waals surface area (Å²) in [5, 5.41) is 12.4. The third kappa shape index (κ3) is 5.50. The highest BCUT2D eigenvalue weighted by Gasteiger charge is 2.34. The van der Waals surface area contributed by atoms with Crippen LogP contribution in [0.15, 0.2) is 48.5 Å². The molecule has 1 fully saturated rings. The second-order valence-corrected chi connectivity index (χ2v) is 9.02. The summed E-state index contributed by atoms with van der Waals surface area (Å²) >= 11 is 1.34. The third-order valence-electron chi connectivity index (χ3n) is 5.24. The number of amides is 2. The van der Waals surface area contributed by atoms with E-state index in [0.717, 1.165) is 27.6 Å². The Kier molecular flexibility index (Phi) is 6.80. The van der Waals surface area contributed by atoms with Crippen molar-refractivity contribution in [1.82, 2.24) is 10.2 Å². The zero-order valence-corrected chi connectivity index (χ0v) is 19.0. The highest BCUT2D eigenvalue weighted by atomic mass is 32.1. The summed E-state index contributed by atoms with van der Waals surface area (Å²) in [7, 11) is 0. The monoisotopic (exact) mass is 450 g/mol. The first-order chi connectivity index (χ1) is 15.5. The summed E-state index contributed by atoms with van der Waals surface area (Å²) in [5.41, 5.74) is 3.18. The molecule has 0 saturated carbocycles. The Morgan fingerprint density at radius 3 is 2.66 bits per heavy atom. The predicted octanol–water partition coefficient (Wildman–Crippen LogP) is 4.47. The number of aryl methyl sites for hydroxylation is 2. The van der Waals surface area contributed by atoms with E-state index < -0.39 is 0 Å². The van der Waals surface area contributed by atoms with Gasteiger partial charge in [-0.1, -0.05) is 35.6 Å². The van der Waals surface area contributed by atoms with Crippen LogP contribution >= 0.6 is 11.3 Å². The lowest BCUT2D eigenvalue weighted by molar-refractivity contribution is -0.117. The van der Waals surface area contributed by atoms with Crippen LogP contribution in [0.5, 0.6) is 5.75 Å². The molecule has 1 aliphatic heterocycles. The summed E-state index contributed by atoms with van der Waals surface area (Å²) in [6.07, 6.45) is 1.34. The lowest BCUT2D eigenvalue weighted by atomic mass is 10.1. The van der Waals surface area contributed by atoms with Crippen molar-refractivity contribution in [2.75, 3.05) is 23.4 Å². The van der Waals surface area contributed by atoms with E-state index in [-0.39, 0.29) is 17.7 Å². The first-order valence-electron chi connectivity index (χ1n) is 10.7. The summed E-state index contributed by atoms with van der Waals surface area (Å²) in [5.74, 6) is 0.733. The van der Waals surface area contributed by atoms with Gasteiger partial charge in [-0.2, -0.15) is 0 Å². The van der Waals surface area contributed by atoms with Gasteiger partial charge in [-0.3, -0.25) is 9.59 Å². The Hall–Kier alpha value is -3.26. The second-order valence-electron chi connectivity index (χ2n) is 8.01. The maximum atomic E-state index is 12.6. The van der Waals surface area contributed by atoms with Gasteiger partial charge in [-0.05, 0) is 55.7 Å². The van der Waals surface area contributed by atoms with Gasteiger partial charge < -0.3 is 15.0 Å². The lowest BCUT2D eigenvalue weighted by Crippen LogP contribution is -2.24. The summed E-state index contributed by atoms with van der Waals surface area (Å²) in [4.78, 5) is 26.6. The number of nitrogens with one attached hydrogen (secondary N) is 1. The molecule has 1 aliphatic rings. The number of anilines is 2. The van der Waals surface area contributed by atoms with E-state index in [1.807, 2.05) is 61.2 Å². The molecule has 0 unspecified atom stereocenters. The molecule has 7 nitrogen and oxygen atoms in total. The molecule has 32 heavy (non-hydrogen) atoms. The average molecular weight is 451 g/mol. The van der Waals surface area contributed by atoms with Crippen LogP contribution < -0.4 is 15.0 Å². The molecule has 1 N–H and O–H groups in total. The van der Waals surface area contributed by atoms with Gasteiger partial charge >= 0.3 is 0 Å². The number of aromatic nitrogens is 2. The maximum Gasteiger partial charge on any atom is 0.227 e. The zero-order valence-electron chi connectivity index (χ0n) is 18.2. The largest absolute Gasteiger partial charge is 0.494 e. The molecule has 1 saturated heterocycles. The molecular formula is C24H26N4O3S. The molecule has 0 bridgehead atoms. The minimum atomic E-state index is -0.122. The molecule has 2 aromatic carbocycles. The molecule has 0 aliphatic carbocycles.